The van der Waals surface area contributed by atoms with Gasteiger partial charge in [0.05, 0.1) is 5.75 Å². The van der Waals surface area contributed by atoms with E-state index < -0.39 is 0 Å². The van der Waals surface area contributed by atoms with Crippen LogP contribution in [0.2, 0.25) is 0 Å². The molecule has 0 aromatic heterocycles. The number of nitrogens with zero attached hydrogens (tertiary/aromatic N) is 1. The van der Waals surface area contributed by atoms with E-state index in [9.17, 15) is 4.79 Å². The third kappa shape index (κ3) is 3.83. The van der Waals surface area contributed by atoms with Crippen LogP contribution in [0.1, 0.15) is 24.8 Å². The summed E-state index contributed by atoms with van der Waals surface area (Å²) in [5, 5.41) is 0. The Kier molecular flexibility index (Phi) is 6.37. The molecule has 1 aliphatic rings. The predicted molar refractivity (Wildman–Crippen MR) is 66.4 cm³/mol. The number of rotatable bonds is 3. The number of hydrogen-bond donors (Lipinski definition) is 0. The minimum Gasteiger partial charge on any atom is -0.665 e. The van der Waals surface area contributed by atoms with Crippen molar-refractivity contribution in [2.45, 2.75) is 31.7 Å². The van der Waals surface area contributed by atoms with Crippen LogP contribution in [0.5, 0.6) is 5.75 Å². The summed E-state index contributed by atoms with van der Waals surface area (Å²) >= 11 is 0. The Labute approximate surface area is 135 Å². The second-order valence-electron chi connectivity index (χ2n) is 4.34. The van der Waals surface area contributed by atoms with E-state index >= 15 is 0 Å². The van der Waals surface area contributed by atoms with Gasteiger partial charge in [0, 0.05) is 45.2 Å². The first-order valence-electron chi connectivity index (χ1n) is 5.78. The minimum absolute atomic E-state index is 0. The van der Waals surface area contributed by atoms with Crippen LogP contribution >= 0.6 is 0 Å². The molecule has 1 atom stereocenters. The standard InChI is InChI=1S/C13H15BNO2.Y/c1-17-12-6-2-4-10(9-12)8-11-5-3-7-13(16)15(11)14;/h2,4,6,9,11H,1,3,5,7-8H2;/q-1;. The molecule has 2 rings (SSSR count). The molecule has 3 radical (unpaired) electrons. The Bertz CT molecular complexity index is 414. The molecular formula is C13H15BNO2Y-. The van der Waals surface area contributed by atoms with Gasteiger partial charge < -0.3 is 9.55 Å². The van der Waals surface area contributed by atoms with Gasteiger partial charge in [0.25, 0.3) is 0 Å². The molecule has 1 amide bonds. The van der Waals surface area contributed by atoms with Gasteiger partial charge in [0.2, 0.25) is 13.9 Å². The van der Waals surface area contributed by atoms with E-state index in [1.807, 2.05) is 24.3 Å². The summed E-state index contributed by atoms with van der Waals surface area (Å²) in [5.74, 6) is 0.763. The van der Waals surface area contributed by atoms with Crippen LogP contribution < -0.4 is 4.74 Å². The summed E-state index contributed by atoms with van der Waals surface area (Å²) < 4.78 is 4.93. The van der Waals surface area contributed by atoms with Crippen molar-refractivity contribution in [1.82, 2.24) is 4.81 Å². The molecule has 18 heavy (non-hydrogen) atoms. The van der Waals surface area contributed by atoms with Gasteiger partial charge in [-0.3, -0.25) is 4.79 Å². The monoisotopic (exact) mass is 317 g/mol. The molecule has 1 saturated heterocycles. The molecule has 3 nitrogen and oxygen atoms in total. The topological polar surface area (TPSA) is 29.5 Å². The molecule has 0 aliphatic carbocycles. The smallest absolute Gasteiger partial charge is 0.230 e. The molecule has 1 aliphatic heterocycles. The molecule has 1 aromatic rings. The second kappa shape index (κ2) is 7.30. The molecule has 0 saturated carbocycles. The van der Waals surface area contributed by atoms with Crippen LogP contribution in [0.15, 0.2) is 24.3 Å². The van der Waals surface area contributed by atoms with Gasteiger partial charge in [0.15, 0.2) is 0 Å². The van der Waals surface area contributed by atoms with Crippen molar-refractivity contribution in [1.29, 1.82) is 0 Å². The normalized spacial score (nSPS) is 19.3. The van der Waals surface area contributed by atoms with Gasteiger partial charge in [-0.2, -0.15) is 7.11 Å². The molecule has 1 fully saturated rings. The Morgan fingerprint density at radius 2 is 2.28 bits per heavy atom. The number of ether oxygens (including phenoxy) is 1. The van der Waals surface area contributed by atoms with E-state index in [1.165, 1.54) is 4.81 Å². The maximum atomic E-state index is 11.5. The average molecular weight is 317 g/mol. The van der Waals surface area contributed by atoms with Crippen molar-refractivity contribution in [2.75, 3.05) is 0 Å². The summed E-state index contributed by atoms with van der Waals surface area (Å²) in [6.45, 7) is 0. The Hall–Kier alpha value is -0.341. The molecule has 5 heteroatoms. The second-order valence-corrected chi connectivity index (χ2v) is 4.34. The maximum Gasteiger partial charge on any atom is 0.230 e. The van der Waals surface area contributed by atoms with Gasteiger partial charge in [-0.15, -0.1) is 0 Å². The number of amides is 1. The summed E-state index contributed by atoms with van der Waals surface area (Å²) in [5.41, 5.74) is 1.11. The zero-order valence-corrected chi connectivity index (χ0v) is 13.2. The van der Waals surface area contributed by atoms with Crippen molar-refractivity contribution in [3.63, 3.8) is 0 Å². The van der Waals surface area contributed by atoms with Crippen molar-refractivity contribution in [2.24, 2.45) is 0 Å². The van der Waals surface area contributed by atoms with E-state index in [0.717, 1.165) is 30.6 Å². The number of carbonyl (C=O) groups excluding carboxylic acids is 1. The number of benzene rings is 1. The third-order valence-electron chi connectivity index (χ3n) is 3.15. The van der Waals surface area contributed by atoms with Gasteiger partial charge in [-0.25, -0.2) is 0 Å². The summed E-state index contributed by atoms with van der Waals surface area (Å²) in [6, 6.07) is 7.80. The van der Waals surface area contributed by atoms with Crippen LogP contribution in [-0.2, 0) is 43.9 Å². The molecule has 0 N–H and O–H groups in total. The van der Waals surface area contributed by atoms with E-state index in [2.05, 4.69) is 7.11 Å². The molecule has 1 aromatic carbocycles. The Balaban J connectivity index is 0.00000162. The molecule has 0 bridgehead atoms. The Morgan fingerprint density at radius 3 is 3.00 bits per heavy atom. The fourth-order valence-corrected chi connectivity index (χ4v) is 2.20. The SMILES string of the molecule is [B]N1C(=O)CCCC1Cc1cccc(O[CH2-])c1.[Y]. The van der Waals surface area contributed by atoms with Crippen molar-refractivity contribution in [3.05, 3.63) is 36.9 Å². The molecule has 0 spiro atoms. The van der Waals surface area contributed by atoms with Crippen LogP contribution in [-0.4, -0.2) is 24.7 Å². The van der Waals surface area contributed by atoms with Gasteiger partial charge in [-0.05, 0) is 37.0 Å². The van der Waals surface area contributed by atoms with E-state index in [1.54, 1.807) is 0 Å². The average Bonchev–Trinajstić information content (AvgIpc) is 2.35. The number of piperidine rings is 1. The first-order valence-corrected chi connectivity index (χ1v) is 5.78. The quantitative estimate of drug-likeness (QED) is 0.629. The van der Waals surface area contributed by atoms with Crippen LogP contribution in [0.25, 0.3) is 0 Å². The first kappa shape index (κ1) is 15.7. The third-order valence-corrected chi connectivity index (χ3v) is 3.15. The van der Waals surface area contributed by atoms with Gasteiger partial charge in [0.1, 0.15) is 0 Å². The van der Waals surface area contributed by atoms with Crippen molar-refractivity contribution < 1.29 is 42.2 Å². The first-order chi connectivity index (χ1) is 8.20. The van der Waals surface area contributed by atoms with E-state index in [4.69, 9.17) is 12.7 Å². The number of carbonyl (C=O) groups is 1. The fourth-order valence-electron chi connectivity index (χ4n) is 2.20. The summed E-state index contributed by atoms with van der Waals surface area (Å²) in [6.07, 6.45) is 3.20. The zero-order chi connectivity index (χ0) is 12.3. The van der Waals surface area contributed by atoms with Gasteiger partial charge >= 0.3 is 0 Å². The maximum absolute atomic E-state index is 11.5. The summed E-state index contributed by atoms with van der Waals surface area (Å²) in [7, 11) is 9.16. The van der Waals surface area contributed by atoms with Crippen LogP contribution in [0.3, 0.4) is 0 Å². The van der Waals surface area contributed by atoms with Crippen LogP contribution in [0, 0.1) is 7.11 Å². The Morgan fingerprint density at radius 1 is 1.50 bits per heavy atom. The van der Waals surface area contributed by atoms with Gasteiger partial charge in [-0.1, -0.05) is 12.1 Å². The predicted octanol–water partition coefficient (Wildman–Crippen LogP) is 1.86. The molecular weight excluding hydrogens is 302 g/mol. The zero-order valence-electron chi connectivity index (χ0n) is 10.3. The van der Waals surface area contributed by atoms with Crippen molar-refractivity contribution in [3.8, 4) is 5.75 Å². The summed E-state index contributed by atoms with van der Waals surface area (Å²) in [4.78, 5) is 12.9. The fraction of sp³-hybridized carbons (Fsp3) is 0.385. The van der Waals surface area contributed by atoms with Crippen LogP contribution in [0.4, 0.5) is 0 Å². The largest absolute Gasteiger partial charge is 0.665 e. The molecule has 1 unspecified atom stereocenters. The molecule has 1 heterocycles. The van der Waals surface area contributed by atoms with Crippen molar-refractivity contribution >= 4 is 13.9 Å². The molecule has 91 valence electrons. The van der Waals surface area contributed by atoms with E-state index in [-0.39, 0.29) is 44.7 Å². The number of hydrogen-bond acceptors (Lipinski definition) is 2. The van der Waals surface area contributed by atoms with E-state index in [0.29, 0.717) is 6.42 Å². The minimum atomic E-state index is 0.